The van der Waals surface area contributed by atoms with Gasteiger partial charge in [-0.15, -0.1) is 0 Å². The number of hydrogen-bond acceptors (Lipinski definition) is 3. The highest BCUT2D eigenvalue weighted by molar-refractivity contribution is 6.30. The van der Waals surface area contributed by atoms with E-state index in [2.05, 4.69) is 16.6 Å². The highest BCUT2D eigenvalue weighted by atomic mass is 35.5. The molecule has 0 heterocycles. The van der Waals surface area contributed by atoms with E-state index in [4.69, 9.17) is 17.3 Å². The van der Waals surface area contributed by atoms with E-state index in [1.807, 2.05) is 0 Å². The number of nitrogens with two attached hydrogens (primary N) is 1. The Morgan fingerprint density at radius 3 is 2.93 bits per heavy atom. The van der Waals surface area contributed by atoms with Crippen LogP contribution >= 0.6 is 11.6 Å². The van der Waals surface area contributed by atoms with Crippen molar-refractivity contribution in [1.29, 1.82) is 0 Å². The fraction of sp³-hybridized carbons (Fsp3) is 0.182. The van der Waals surface area contributed by atoms with Crippen LogP contribution in [-0.2, 0) is 9.53 Å². The third-order valence-electron chi connectivity index (χ3n) is 1.59. The van der Waals surface area contributed by atoms with Crippen molar-refractivity contribution in [2.24, 2.45) is 0 Å². The van der Waals surface area contributed by atoms with Crippen molar-refractivity contribution in [3.63, 3.8) is 0 Å². The van der Waals surface area contributed by atoms with Crippen LogP contribution in [0, 0.1) is 11.8 Å². The number of ether oxygens (including phenoxy) is 1. The van der Waals surface area contributed by atoms with Crippen molar-refractivity contribution in [2.45, 2.75) is 6.92 Å². The van der Waals surface area contributed by atoms with Gasteiger partial charge in [-0.1, -0.05) is 17.5 Å². The molecule has 4 heteroatoms. The summed E-state index contributed by atoms with van der Waals surface area (Å²) in [5, 5.41) is 0.536. The maximum atomic E-state index is 10.9. The van der Waals surface area contributed by atoms with Crippen LogP contribution in [0.25, 0.3) is 0 Å². The molecular formula is C11H10ClNO2. The summed E-state index contributed by atoms with van der Waals surface area (Å²) < 4.78 is 4.65. The van der Waals surface area contributed by atoms with Gasteiger partial charge in [-0.25, -0.2) is 4.79 Å². The molecule has 0 bridgehead atoms. The van der Waals surface area contributed by atoms with Gasteiger partial charge in [0.2, 0.25) is 0 Å². The van der Waals surface area contributed by atoms with E-state index in [0.29, 0.717) is 22.9 Å². The lowest BCUT2D eigenvalue weighted by molar-refractivity contribution is -0.136. The monoisotopic (exact) mass is 223 g/mol. The Morgan fingerprint density at radius 1 is 1.60 bits per heavy atom. The van der Waals surface area contributed by atoms with Gasteiger partial charge in [0, 0.05) is 22.2 Å². The van der Waals surface area contributed by atoms with Crippen molar-refractivity contribution >= 4 is 23.3 Å². The average molecular weight is 224 g/mol. The van der Waals surface area contributed by atoms with E-state index in [9.17, 15) is 4.79 Å². The van der Waals surface area contributed by atoms with Crippen molar-refractivity contribution in [2.75, 3.05) is 12.3 Å². The zero-order chi connectivity index (χ0) is 11.3. The summed E-state index contributed by atoms with van der Waals surface area (Å²) in [7, 11) is 0. The summed E-state index contributed by atoms with van der Waals surface area (Å²) in [4.78, 5) is 10.9. The topological polar surface area (TPSA) is 52.3 Å². The second-order valence-corrected chi connectivity index (χ2v) is 3.14. The van der Waals surface area contributed by atoms with E-state index in [1.165, 1.54) is 0 Å². The number of halogens is 1. The summed E-state index contributed by atoms with van der Waals surface area (Å²) in [5.41, 5.74) is 6.65. The molecule has 0 aliphatic rings. The number of carbonyl (C=O) groups is 1. The smallest absolute Gasteiger partial charge is 0.384 e. The molecule has 3 nitrogen and oxygen atoms in total. The molecule has 0 unspecified atom stereocenters. The van der Waals surface area contributed by atoms with Crippen LogP contribution in [0.15, 0.2) is 18.2 Å². The van der Waals surface area contributed by atoms with E-state index < -0.39 is 5.97 Å². The molecule has 0 saturated carbocycles. The lowest BCUT2D eigenvalue weighted by Crippen LogP contribution is -2.00. The number of carbonyl (C=O) groups excluding carboxylic acids is 1. The van der Waals surface area contributed by atoms with Crippen LogP contribution in [0.3, 0.4) is 0 Å². The molecule has 1 aromatic carbocycles. The fourth-order valence-corrected chi connectivity index (χ4v) is 1.11. The Hall–Kier alpha value is -1.66. The summed E-state index contributed by atoms with van der Waals surface area (Å²) in [6.07, 6.45) is 0. The van der Waals surface area contributed by atoms with Crippen LogP contribution < -0.4 is 5.73 Å². The molecule has 0 aromatic heterocycles. The fourth-order valence-electron chi connectivity index (χ4n) is 0.933. The lowest BCUT2D eigenvalue weighted by Gasteiger charge is -1.97. The summed E-state index contributed by atoms with van der Waals surface area (Å²) in [5.74, 6) is 4.38. The van der Waals surface area contributed by atoms with Crippen LogP contribution in [-0.4, -0.2) is 12.6 Å². The normalized spacial score (nSPS) is 8.93. The molecule has 0 saturated heterocycles. The number of esters is 1. The largest absolute Gasteiger partial charge is 0.456 e. The number of rotatable bonds is 1. The van der Waals surface area contributed by atoms with Gasteiger partial charge in [0.15, 0.2) is 0 Å². The van der Waals surface area contributed by atoms with Gasteiger partial charge in [0.05, 0.1) is 6.61 Å². The molecule has 15 heavy (non-hydrogen) atoms. The van der Waals surface area contributed by atoms with E-state index in [1.54, 1.807) is 25.1 Å². The predicted molar refractivity (Wildman–Crippen MR) is 59.4 cm³/mol. The number of anilines is 1. The van der Waals surface area contributed by atoms with Gasteiger partial charge in [-0.2, -0.15) is 0 Å². The summed E-state index contributed by atoms with van der Waals surface area (Å²) in [6.45, 7) is 2.03. The van der Waals surface area contributed by atoms with Crippen LogP contribution in [0.1, 0.15) is 12.5 Å². The Bertz CT molecular complexity index is 432. The molecule has 0 atom stereocenters. The molecule has 0 radical (unpaired) electrons. The number of hydrogen-bond donors (Lipinski definition) is 1. The average Bonchev–Trinajstić information content (AvgIpc) is 2.17. The third-order valence-corrected chi connectivity index (χ3v) is 1.82. The molecule has 0 aliphatic heterocycles. The Kier molecular flexibility index (Phi) is 4.02. The van der Waals surface area contributed by atoms with E-state index in [0.717, 1.165) is 0 Å². The van der Waals surface area contributed by atoms with Gasteiger partial charge in [0.1, 0.15) is 0 Å². The standard InChI is InChI=1S/C11H10ClNO2/c1-2-15-11(14)6-4-8-3-5-9(12)7-10(8)13/h3,5,7H,2,13H2,1H3. The molecule has 2 N–H and O–H groups in total. The van der Waals surface area contributed by atoms with Crippen molar-refractivity contribution in [3.8, 4) is 11.8 Å². The molecular weight excluding hydrogens is 214 g/mol. The maximum Gasteiger partial charge on any atom is 0.384 e. The predicted octanol–water partition coefficient (Wildman–Crippen LogP) is 1.84. The Balaban J connectivity index is 2.84. The number of benzene rings is 1. The molecule has 1 rings (SSSR count). The first-order valence-electron chi connectivity index (χ1n) is 4.37. The third kappa shape index (κ3) is 3.53. The maximum absolute atomic E-state index is 10.9. The summed E-state index contributed by atoms with van der Waals surface area (Å²) >= 11 is 5.71. The first-order chi connectivity index (χ1) is 7.13. The van der Waals surface area contributed by atoms with Crippen LogP contribution in [0.5, 0.6) is 0 Å². The van der Waals surface area contributed by atoms with Crippen molar-refractivity contribution in [3.05, 3.63) is 28.8 Å². The van der Waals surface area contributed by atoms with Gasteiger partial charge < -0.3 is 10.5 Å². The molecule has 78 valence electrons. The first-order valence-corrected chi connectivity index (χ1v) is 4.75. The minimum absolute atomic E-state index is 0.309. The summed E-state index contributed by atoms with van der Waals surface area (Å²) in [6, 6.07) is 4.90. The Morgan fingerprint density at radius 2 is 2.33 bits per heavy atom. The van der Waals surface area contributed by atoms with Gasteiger partial charge in [0.25, 0.3) is 0 Å². The second kappa shape index (κ2) is 5.28. The molecule has 0 aliphatic carbocycles. The molecule has 0 amide bonds. The number of nitrogen functional groups attached to an aromatic ring is 1. The van der Waals surface area contributed by atoms with Gasteiger partial charge in [-0.3, -0.25) is 0 Å². The lowest BCUT2D eigenvalue weighted by atomic mass is 10.2. The van der Waals surface area contributed by atoms with Crippen molar-refractivity contribution < 1.29 is 9.53 Å². The van der Waals surface area contributed by atoms with Crippen molar-refractivity contribution in [1.82, 2.24) is 0 Å². The van der Waals surface area contributed by atoms with Crippen LogP contribution in [0.4, 0.5) is 5.69 Å². The zero-order valence-corrected chi connectivity index (χ0v) is 8.97. The minimum atomic E-state index is -0.563. The molecule has 0 fully saturated rings. The first kappa shape index (κ1) is 11.4. The highest BCUT2D eigenvalue weighted by Crippen LogP contribution is 2.16. The Labute approximate surface area is 93.2 Å². The second-order valence-electron chi connectivity index (χ2n) is 2.70. The minimum Gasteiger partial charge on any atom is -0.456 e. The zero-order valence-electron chi connectivity index (χ0n) is 8.21. The van der Waals surface area contributed by atoms with E-state index >= 15 is 0 Å². The SMILES string of the molecule is CCOC(=O)C#Cc1ccc(Cl)cc1N. The van der Waals surface area contributed by atoms with E-state index in [-0.39, 0.29) is 0 Å². The quantitative estimate of drug-likeness (QED) is 0.449. The molecule has 1 aromatic rings. The molecule has 0 spiro atoms. The highest BCUT2D eigenvalue weighted by Gasteiger charge is 1.97. The van der Waals surface area contributed by atoms with Gasteiger partial charge >= 0.3 is 5.97 Å². The van der Waals surface area contributed by atoms with Crippen LogP contribution in [0.2, 0.25) is 5.02 Å². The van der Waals surface area contributed by atoms with Gasteiger partial charge in [-0.05, 0) is 25.1 Å².